The summed E-state index contributed by atoms with van der Waals surface area (Å²) in [5.41, 5.74) is 1.40. The minimum Gasteiger partial charge on any atom is -0.421 e. The molecule has 1 aliphatic heterocycles. The molecule has 3 aromatic heterocycles. The molecule has 3 N–H and O–H groups in total. The number of nitrogens with one attached hydrogen (secondary N) is 1. The first-order valence-corrected chi connectivity index (χ1v) is 10.6. The summed E-state index contributed by atoms with van der Waals surface area (Å²) in [5, 5.41) is 38.7. The summed E-state index contributed by atoms with van der Waals surface area (Å²) in [6, 6.07) is 4.74. The van der Waals surface area contributed by atoms with Crippen molar-refractivity contribution in [3.8, 4) is 11.5 Å². The number of aromatic nitrogens is 6. The van der Waals surface area contributed by atoms with Crippen LogP contribution in [0.4, 0.5) is 10.2 Å². The minimum absolute atomic E-state index is 0.133. The Kier molecular flexibility index (Phi) is 5.04. The Balaban J connectivity index is 1.36. The van der Waals surface area contributed by atoms with Crippen LogP contribution in [-0.2, 0) is 6.54 Å². The lowest BCUT2D eigenvalue weighted by molar-refractivity contribution is 0.0404. The number of benzene rings is 1. The Morgan fingerprint density at radius 1 is 1.26 bits per heavy atom. The van der Waals surface area contributed by atoms with E-state index in [2.05, 4.69) is 30.7 Å². The van der Waals surface area contributed by atoms with E-state index in [9.17, 15) is 14.6 Å². The highest BCUT2D eigenvalue weighted by Crippen LogP contribution is 2.39. The van der Waals surface area contributed by atoms with E-state index in [4.69, 9.17) is 4.42 Å². The smallest absolute Gasteiger partial charge is 0.250 e. The summed E-state index contributed by atoms with van der Waals surface area (Å²) >= 11 is 1.43. The lowest BCUT2D eigenvalue weighted by Gasteiger charge is -2.14. The predicted octanol–water partition coefficient (Wildman–Crippen LogP) is 1.74. The Morgan fingerprint density at radius 2 is 2.13 bits per heavy atom. The first kappa shape index (κ1) is 19.8. The third-order valence-corrected chi connectivity index (χ3v) is 6.39. The fourth-order valence-electron chi connectivity index (χ4n) is 3.42. The van der Waals surface area contributed by atoms with Crippen molar-refractivity contribution in [3.63, 3.8) is 0 Å². The zero-order valence-corrected chi connectivity index (χ0v) is 17.1. The normalized spacial score (nSPS) is 21.1. The van der Waals surface area contributed by atoms with Gasteiger partial charge in [-0.2, -0.15) is 0 Å². The van der Waals surface area contributed by atoms with E-state index < -0.39 is 18.0 Å². The summed E-state index contributed by atoms with van der Waals surface area (Å²) < 4.78 is 21.5. The first-order chi connectivity index (χ1) is 15.0. The molecule has 1 saturated heterocycles. The Labute approximate surface area is 179 Å². The average Bonchev–Trinajstić information content (AvgIpc) is 3.46. The third-order valence-electron chi connectivity index (χ3n) is 5.01. The van der Waals surface area contributed by atoms with Gasteiger partial charge in [0, 0.05) is 31.6 Å². The van der Waals surface area contributed by atoms with Crippen molar-refractivity contribution in [3.05, 3.63) is 53.7 Å². The van der Waals surface area contributed by atoms with Crippen molar-refractivity contribution in [2.45, 2.75) is 30.9 Å². The number of aliphatic hydroxyl groups excluding tert-OH is 2. The molecule has 0 unspecified atom stereocenters. The molecule has 4 heterocycles. The fraction of sp³-hybridized carbons (Fsp3) is 0.316. The van der Waals surface area contributed by atoms with Crippen molar-refractivity contribution in [1.82, 2.24) is 29.8 Å². The highest BCUT2D eigenvalue weighted by molar-refractivity contribution is 7.99. The molecule has 10 nitrogen and oxygen atoms in total. The molecule has 0 saturated carbocycles. The van der Waals surface area contributed by atoms with Gasteiger partial charge in [-0.05, 0) is 17.7 Å². The van der Waals surface area contributed by atoms with Crippen LogP contribution in [0.1, 0.15) is 22.5 Å². The van der Waals surface area contributed by atoms with Gasteiger partial charge in [-0.1, -0.05) is 6.07 Å². The predicted molar refractivity (Wildman–Crippen MR) is 110 cm³/mol. The molecule has 31 heavy (non-hydrogen) atoms. The number of aliphatic hydroxyl groups is 2. The standard InChI is InChI=1S/C19H18FN7O3S/c1-9-23-26-19(30-9)11-3-2-10(6-12(11)20)7-22-16-18-25-24-17(27(18)5-4-21-16)15-14(29)13(28)8-31-15/h2-6,13-15,28-29H,7-8H2,1H3,(H,21,22)/t13-,14-,15-/m1/s1. The summed E-state index contributed by atoms with van der Waals surface area (Å²) in [5.74, 6) is 1.47. The van der Waals surface area contributed by atoms with Crippen LogP contribution in [0, 0.1) is 12.7 Å². The molecule has 1 aromatic carbocycles. The number of hydrogen-bond acceptors (Lipinski definition) is 10. The number of thioether (sulfide) groups is 1. The van der Waals surface area contributed by atoms with E-state index in [0.717, 1.165) is 0 Å². The zero-order valence-electron chi connectivity index (χ0n) is 16.3. The molecule has 0 amide bonds. The highest BCUT2D eigenvalue weighted by atomic mass is 32.2. The van der Waals surface area contributed by atoms with Gasteiger partial charge in [-0.25, -0.2) is 9.37 Å². The van der Waals surface area contributed by atoms with Gasteiger partial charge in [0.25, 0.3) is 5.89 Å². The number of anilines is 1. The average molecular weight is 443 g/mol. The quantitative estimate of drug-likeness (QED) is 0.419. The van der Waals surface area contributed by atoms with Gasteiger partial charge in [-0.3, -0.25) is 4.40 Å². The van der Waals surface area contributed by atoms with Crippen molar-refractivity contribution < 1.29 is 19.0 Å². The van der Waals surface area contributed by atoms with Gasteiger partial charge in [0.05, 0.1) is 23.0 Å². The highest BCUT2D eigenvalue weighted by Gasteiger charge is 2.38. The van der Waals surface area contributed by atoms with Crippen molar-refractivity contribution in [2.24, 2.45) is 0 Å². The number of rotatable bonds is 5. The molecule has 1 aliphatic rings. The van der Waals surface area contributed by atoms with E-state index in [-0.39, 0.29) is 16.7 Å². The fourth-order valence-corrected chi connectivity index (χ4v) is 4.71. The maximum absolute atomic E-state index is 14.5. The van der Waals surface area contributed by atoms with E-state index in [1.165, 1.54) is 17.8 Å². The molecule has 160 valence electrons. The minimum atomic E-state index is -0.911. The number of hydrogen-bond donors (Lipinski definition) is 3. The van der Waals surface area contributed by atoms with Crippen molar-refractivity contribution in [1.29, 1.82) is 0 Å². The molecule has 0 spiro atoms. The maximum Gasteiger partial charge on any atom is 0.250 e. The lowest BCUT2D eigenvalue weighted by atomic mass is 10.1. The molecule has 3 atom stereocenters. The van der Waals surface area contributed by atoms with Gasteiger partial charge < -0.3 is 19.9 Å². The van der Waals surface area contributed by atoms with Crippen molar-refractivity contribution in [2.75, 3.05) is 11.1 Å². The van der Waals surface area contributed by atoms with Gasteiger partial charge in [0.1, 0.15) is 5.82 Å². The van der Waals surface area contributed by atoms with Crippen LogP contribution in [-0.4, -0.2) is 58.0 Å². The SMILES string of the molecule is Cc1nnc(-c2ccc(CNc3nccn4c([C@@H]5SC[C@@H](O)[C@H]5O)nnc34)cc2F)o1. The van der Waals surface area contributed by atoms with Gasteiger partial charge in [0.2, 0.25) is 11.5 Å². The summed E-state index contributed by atoms with van der Waals surface area (Å²) in [7, 11) is 0. The van der Waals surface area contributed by atoms with Crippen LogP contribution >= 0.6 is 11.8 Å². The van der Waals surface area contributed by atoms with E-state index in [0.29, 0.717) is 41.0 Å². The van der Waals surface area contributed by atoms with Crippen LogP contribution in [0.3, 0.4) is 0 Å². The molecular weight excluding hydrogens is 425 g/mol. The van der Waals surface area contributed by atoms with Gasteiger partial charge in [0.15, 0.2) is 11.6 Å². The summed E-state index contributed by atoms with van der Waals surface area (Å²) in [6.45, 7) is 1.94. The molecule has 0 aliphatic carbocycles. The van der Waals surface area contributed by atoms with E-state index in [1.54, 1.807) is 35.9 Å². The topological polar surface area (TPSA) is 134 Å². The molecule has 1 fully saturated rings. The largest absolute Gasteiger partial charge is 0.421 e. The molecule has 5 rings (SSSR count). The van der Waals surface area contributed by atoms with Gasteiger partial charge in [-0.15, -0.1) is 32.2 Å². The number of nitrogens with zero attached hydrogens (tertiary/aromatic N) is 6. The molecule has 0 radical (unpaired) electrons. The van der Waals surface area contributed by atoms with Crippen LogP contribution in [0.15, 0.2) is 35.0 Å². The number of fused-ring (bicyclic) bond motifs is 1. The number of aryl methyl sites for hydroxylation is 1. The second-order valence-electron chi connectivity index (χ2n) is 7.13. The van der Waals surface area contributed by atoms with E-state index >= 15 is 0 Å². The Morgan fingerprint density at radius 3 is 2.84 bits per heavy atom. The maximum atomic E-state index is 14.5. The van der Waals surface area contributed by atoms with Crippen LogP contribution in [0.2, 0.25) is 0 Å². The van der Waals surface area contributed by atoms with Crippen LogP contribution < -0.4 is 5.32 Å². The molecule has 0 bridgehead atoms. The number of halogens is 1. The van der Waals surface area contributed by atoms with Crippen LogP contribution in [0.25, 0.3) is 17.1 Å². The summed E-state index contributed by atoms with van der Waals surface area (Å²) in [4.78, 5) is 4.31. The monoisotopic (exact) mass is 443 g/mol. The molecule has 12 heteroatoms. The first-order valence-electron chi connectivity index (χ1n) is 9.51. The van der Waals surface area contributed by atoms with E-state index in [1.807, 2.05) is 0 Å². The van der Waals surface area contributed by atoms with Crippen molar-refractivity contribution >= 4 is 23.2 Å². The molecular formula is C19H18FN7O3S. The summed E-state index contributed by atoms with van der Waals surface area (Å²) in [6.07, 6.45) is 1.59. The Bertz CT molecular complexity index is 1250. The van der Waals surface area contributed by atoms with Crippen LogP contribution in [0.5, 0.6) is 0 Å². The molecule has 4 aromatic rings. The van der Waals surface area contributed by atoms with Gasteiger partial charge >= 0.3 is 0 Å². The Hall–Kier alpha value is -3.09. The zero-order chi connectivity index (χ0) is 21.5. The third kappa shape index (κ3) is 3.62. The second kappa shape index (κ2) is 7.87. The second-order valence-corrected chi connectivity index (χ2v) is 8.31. The lowest BCUT2D eigenvalue weighted by Crippen LogP contribution is -2.25.